The number of Topliss-reactive ketones (excluding diaryl/α,β-unsaturated/α-hetero) is 1. The van der Waals surface area contributed by atoms with Gasteiger partial charge in [-0.05, 0) is 37.7 Å². The van der Waals surface area contributed by atoms with E-state index in [0.717, 1.165) is 0 Å². The minimum absolute atomic E-state index is 0.112. The molecule has 2 aliphatic rings. The van der Waals surface area contributed by atoms with Crippen LogP contribution in [0.15, 0.2) is 36.0 Å². The summed E-state index contributed by atoms with van der Waals surface area (Å²) >= 11 is 0. The number of ketones is 1. The molecule has 1 saturated heterocycles. The van der Waals surface area contributed by atoms with Crippen LogP contribution in [-0.4, -0.2) is 60.3 Å². The van der Waals surface area contributed by atoms with Crippen molar-refractivity contribution in [2.24, 2.45) is 17.8 Å². The molecule has 0 bridgehead atoms. The second-order valence-corrected chi connectivity index (χ2v) is 9.77. The third-order valence-electron chi connectivity index (χ3n) is 6.62. The molecule has 2 amide bonds. The Morgan fingerprint density at radius 1 is 1.22 bits per heavy atom. The first-order valence-electron chi connectivity index (χ1n) is 12.4. The smallest absolute Gasteiger partial charge is 0.331 e. The third kappa shape index (κ3) is 9.09. The van der Waals surface area contributed by atoms with Gasteiger partial charge in [0.25, 0.3) is 0 Å². The molecule has 6 atom stereocenters. The van der Waals surface area contributed by atoms with E-state index in [0.29, 0.717) is 18.4 Å². The zero-order chi connectivity index (χ0) is 26.8. The summed E-state index contributed by atoms with van der Waals surface area (Å²) in [5.74, 6) is -3.46. The summed E-state index contributed by atoms with van der Waals surface area (Å²) in [4.78, 5) is 48.7. The standard InChI is InChI=1S/C27H38FNO7/c1-16-11-17(2)27(36-25(34)10-8-6-5-7-9-22(35-4)26(16)28)18(3)21(31)15-20(30)12-19-13-23(32)29-24(33)14-19/h7-11,16,18-20,22,26-27,30H,5-6,12-15H2,1-4H3,(H,29,32,33)/b9-7+,10-8+,17-11-/t16-,18-,20-,22+,26+,27+/m1/s1. The lowest BCUT2D eigenvalue weighted by Crippen LogP contribution is -2.40. The number of allylic oxidation sites excluding steroid dienone is 3. The number of hydrogen-bond donors (Lipinski definition) is 2. The number of aliphatic hydroxyl groups is 1. The van der Waals surface area contributed by atoms with E-state index in [4.69, 9.17) is 9.47 Å². The highest BCUT2D eigenvalue weighted by molar-refractivity contribution is 5.97. The average molecular weight is 508 g/mol. The maximum absolute atomic E-state index is 15.1. The van der Waals surface area contributed by atoms with Crippen molar-refractivity contribution in [3.05, 3.63) is 36.0 Å². The predicted molar refractivity (Wildman–Crippen MR) is 131 cm³/mol. The molecule has 36 heavy (non-hydrogen) atoms. The fourth-order valence-electron chi connectivity index (χ4n) is 4.65. The second-order valence-electron chi connectivity index (χ2n) is 9.77. The monoisotopic (exact) mass is 507 g/mol. The first-order valence-corrected chi connectivity index (χ1v) is 12.4. The molecule has 2 N–H and O–H groups in total. The van der Waals surface area contributed by atoms with Crippen LogP contribution in [0.1, 0.15) is 59.3 Å². The Bertz CT molecular complexity index is 881. The van der Waals surface area contributed by atoms with Crippen molar-refractivity contribution >= 4 is 23.6 Å². The van der Waals surface area contributed by atoms with Crippen molar-refractivity contribution in [2.75, 3.05) is 7.11 Å². The van der Waals surface area contributed by atoms with Gasteiger partial charge in [0.1, 0.15) is 24.2 Å². The van der Waals surface area contributed by atoms with Crippen molar-refractivity contribution in [1.82, 2.24) is 5.32 Å². The van der Waals surface area contributed by atoms with Crippen LogP contribution < -0.4 is 5.32 Å². The summed E-state index contributed by atoms with van der Waals surface area (Å²) in [5.41, 5.74) is 0.521. The number of aliphatic hydroxyl groups excluding tert-OH is 1. The van der Waals surface area contributed by atoms with Crippen molar-refractivity contribution in [3.63, 3.8) is 0 Å². The van der Waals surface area contributed by atoms with E-state index < -0.39 is 54.1 Å². The highest BCUT2D eigenvalue weighted by atomic mass is 19.1. The Kier molecular flexibility index (Phi) is 11.7. The molecule has 0 radical (unpaired) electrons. The lowest BCUT2D eigenvalue weighted by molar-refractivity contribution is -0.145. The first kappa shape index (κ1) is 29.6. The fraction of sp³-hybridized carbons (Fsp3) is 0.630. The van der Waals surface area contributed by atoms with Gasteiger partial charge in [0.2, 0.25) is 11.8 Å². The van der Waals surface area contributed by atoms with Crippen molar-refractivity contribution < 1.29 is 38.1 Å². The van der Waals surface area contributed by atoms with Gasteiger partial charge in [-0.15, -0.1) is 0 Å². The van der Waals surface area contributed by atoms with Crippen LogP contribution in [0.2, 0.25) is 0 Å². The molecule has 8 nitrogen and oxygen atoms in total. The number of esters is 1. The molecule has 0 aromatic heterocycles. The van der Waals surface area contributed by atoms with Crippen LogP contribution in [-0.2, 0) is 28.7 Å². The molecule has 0 unspecified atom stereocenters. The van der Waals surface area contributed by atoms with Crippen LogP contribution in [0.3, 0.4) is 0 Å². The Hall–Kier alpha value is -2.65. The van der Waals surface area contributed by atoms with Crippen LogP contribution in [0.4, 0.5) is 4.39 Å². The molecule has 200 valence electrons. The molecule has 0 aromatic carbocycles. The molecule has 9 heteroatoms. The van der Waals surface area contributed by atoms with Crippen molar-refractivity contribution in [3.8, 4) is 0 Å². The number of ether oxygens (including phenoxy) is 2. The molecule has 1 fully saturated rings. The summed E-state index contributed by atoms with van der Waals surface area (Å²) in [5, 5.41) is 12.7. The van der Waals surface area contributed by atoms with Gasteiger partial charge in [-0.25, -0.2) is 9.18 Å². The van der Waals surface area contributed by atoms with E-state index in [1.54, 1.807) is 39.0 Å². The van der Waals surface area contributed by atoms with E-state index in [1.165, 1.54) is 13.2 Å². The van der Waals surface area contributed by atoms with Gasteiger partial charge in [0.15, 0.2) is 0 Å². The largest absolute Gasteiger partial charge is 0.454 e. The van der Waals surface area contributed by atoms with E-state index in [-0.39, 0.29) is 37.4 Å². The zero-order valence-corrected chi connectivity index (χ0v) is 21.4. The van der Waals surface area contributed by atoms with Crippen LogP contribution in [0.25, 0.3) is 0 Å². The van der Waals surface area contributed by atoms with Gasteiger partial charge in [-0.2, -0.15) is 0 Å². The topological polar surface area (TPSA) is 119 Å². The maximum Gasteiger partial charge on any atom is 0.331 e. The predicted octanol–water partition coefficient (Wildman–Crippen LogP) is 3.14. The normalized spacial score (nSPS) is 31.7. The molecule has 2 aliphatic heterocycles. The number of piperidine rings is 1. The van der Waals surface area contributed by atoms with Crippen LogP contribution in [0.5, 0.6) is 0 Å². The minimum Gasteiger partial charge on any atom is -0.454 e. The molecule has 0 spiro atoms. The highest BCUT2D eigenvalue weighted by Gasteiger charge is 2.33. The summed E-state index contributed by atoms with van der Waals surface area (Å²) < 4.78 is 26.0. The van der Waals surface area contributed by atoms with Crippen molar-refractivity contribution in [1.29, 1.82) is 0 Å². The van der Waals surface area contributed by atoms with Gasteiger partial charge in [0, 0.05) is 38.4 Å². The summed E-state index contributed by atoms with van der Waals surface area (Å²) in [7, 11) is 1.44. The number of rotatable bonds is 7. The number of cyclic esters (lactones) is 1. The van der Waals surface area contributed by atoms with E-state index in [2.05, 4.69) is 5.32 Å². The lowest BCUT2D eigenvalue weighted by atomic mass is 9.85. The molecule has 0 aliphatic carbocycles. The van der Waals surface area contributed by atoms with E-state index in [9.17, 15) is 24.3 Å². The van der Waals surface area contributed by atoms with E-state index in [1.807, 2.05) is 6.08 Å². The van der Waals surface area contributed by atoms with Gasteiger partial charge >= 0.3 is 5.97 Å². The molecular formula is C27H38FNO7. The van der Waals surface area contributed by atoms with E-state index >= 15 is 4.39 Å². The molecule has 2 rings (SSSR count). The Morgan fingerprint density at radius 3 is 2.50 bits per heavy atom. The quantitative estimate of drug-likeness (QED) is 0.309. The second kappa shape index (κ2) is 14.2. The summed E-state index contributed by atoms with van der Waals surface area (Å²) in [6.45, 7) is 4.98. The third-order valence-corrected chi connectivity index (χ3v) is 6.62. The average Bonchev–Trinajstić information content (AvgIpc) is 2.79. The Labute approximate surface area is 212 Å². The van der Waals surface area contributed by atoms with Gasteiger partial charge < -0.3 is 14.6 Å². The maximum atomic E-state index is 15.1. The van der Waals surface area contributed by atoms with Gasteiger partial charge in [0.05, 0.1) is 12.0 Å². The number of alkyl halides is 1. The fourth-order valence-corrected chi connectivity index (χ4v) is 4.65. The Morgan fingerprint density at radius 2 is 1.86 bits per heavy atom. The first-order chi connectivity index (χ1) is 17.0. The van der Waals surface area contributed by atoms with Gasteiger partial charge in [-0.3, -0.25) is 19.7 Å². The summed E-state index contributed by atoms with van der Waals surface area (Å²) in [6, 6.07) is 0. The Balaban J connectivity index is 2.17. The number of nitrogens with one attached hydrogen (secondary N) is 1. The zero-order valence-electron chi connectivity index (χ0n) is 21.4. The number of carbonyl (C=O) groups excluding carboxylic acids is 4. The number of carbonyl (C=O) groups is 4. The molecule has 0 aromatic rings. The lowest BCUT2D eigenvalue weighted by Gasteiger charge is -2.27. The van der Waals surface area contributed by atoms with Crippen LogP contribution >= 0.6 is 0 Å². The number of imide groups is 1. The van der Waals surface area contributed by atoms with Gasteiger partial charge in [-0.1, -0.05) is 38.2 Å². The molecule has 0 saturated carbocycles. The molecular weight excluding hydrogens is 469 g/mol. The highest BCUT2D eigenvalue weighted by Crippen LogP contribution is 2.26. The van der Waals surface area contributed by atoms with Crippen molar-refractivity contribution in [2.45, 2.75) is 83.8 Å². The SMILES string of the molecule is CO[C@H]1/C=C/CC/C=C/C(=O)O[C@H]([C@H](C)C(=O)C[C@H](O)CC2CC(=O)NC(=O)C2)/C(C)=C\[C@@H](C)[C@@H]1F. The number of methoxy groups -OCH3 is 1. The number of halogens is 1. The van der Waals surface area contributed by atoms with Crippen LogP contribution in [0, 0.1) is 17.8 Å². The number of amides is 2. The summed E-state index contributed by atoms with van der Waals surface area (Å²) in [6.07, 6.45) is 5.31. The molecule has 2 heterocycles. The minimum atomic E-state index is -1.35. The number of hydrogen-bond acceptors (Lipinski definition) is 7.